The Bertz CT molecular complexity index is 763. The third-order valence-electron chi connectivity index (χ3n) is 4.70. The molecule has 0 N–H and O–H groups in total. The van der Waals surface area contributed by atoms with Crippen molar-refractivity contribution >= 4 is 23.8 Å². The summed E-state index contributed by atoms with van der Waals surface area (Å²) < 4.78 is 10.3. The molecule has 1 saturated heterocycles. The number of rotatable bonds is 8. The number of esters is 1. The number of benzene rings is 2. The summed E-state index contributed by atoms with van der Waals surface area (Å²) in [5.41, 5.74) is 2.10. The number of thioether (sulfide) groups is 1. The molecule has 2 aromatic carbocycles. The molecule has 1 aliphatic rings. The number of ether oxygens (including phenoxy) is 2. The topological polar surface area (TPSA) is 55.8 Å². The van der Waals surface area contributed by atoms with Gasteiger partial charge in [-0.15, -0.1) is 0 Å². The standard InChI is InChI=1S/C22H25NO4S/c1-26-21(24)19(12-17-8-4-2-5-9-17)16-28-20-13-23(14-20)22(25)27-15-18-10-6-3-7-11-18/h2-11,19-20H,12-16H2,1H3. The van der Waals surface area contributed by atoms with E-state index in [-0.39, 0.29) is 24.6 Å². The van der Waals surface area contributed by atoms with Crippen LogP contribution in [0.4, 0.5) is 4.79 Å². The van der Waals surface area contributed by atoms with Crippen LogP contribution in [0.1, 0.15) is 11.1 Å². The van der Waals surface area contributed by atoms with E-state index in [9.17, 15) is 9.59 Å². The summed E-state index contributed by atoms with van der Waals surface area (Å²) in [6.07, 6.45) is 0.380. The summed E-state index contributed by atoms with van der Waals surface area (Å²) in [4.78, 5) is 25.9. The molecule has 1 heterocycles. The molecular weight excluding hydrogens is 374 g/mol. The minimum Gasteiger partial charge on any atom is -0.469 e. The first kappa shape index (κ1) is 20.3. The number of carbonyl (C=O) groups is 2. The lowest BCUT2D eigenvalue weighted by atomic mass is 10.0. The van der Waals surface area contributed by atoms with E-state index in [1.54, 1.807) is 16.7 Å². The van der Waals surface area contributed by atoms with Crippen molar-refractivity contribution in [2.45, 2.75) is 18.3 Å². The SMILES string of the molecule is COC(=O)C(CSC1CN(C(=O)OCc2ccccc2)C1)Cc1ccccc1. The van der Waals surface area contributed by atoms with Crippen molar-refractivity contribution in [1.29, 1.82) is 0 Å². The van der Waals surface area contributed by atoms with E-state index in [4.69, 9.17) is 9.47 Å². The van der Waals surface area contributed by atoms with Crippen molar-refractivity contribution in [2.75, 3.05) is 26.0 Å². The van der Waals surface area contributed by atoms with Crippen LogP contribution in [0.25, 0.3) is 0 Å². The van der Waals surface area contributed by atoms with E-state index in [0.717, 1.165) is 11.1 Å². The van der Waals surface area contributed by atoms with Crippen molar-refractivity contribution in [1.82, 2.24) is 4.90 Å². The minimum absolute atomic E-state index is 0.184. The fourth-order valence-electron chi connectivity index (χ4n) is 3.03. The second-order valence-corrected chi connectivity index (χ2v) is 8.14. The Balaban J connectivity index is 1.40. The molecule has 0 saturated carbocycles. The normalized spacial score (nSPS) is 14.8. The molecule has 0 radical (unpaired) electrons. The number of amides is 1. The average Bonchev–Trinajstić information content (AvgIpc) is 2.71. The second kappa shape index (κ2) is 10.2. The number of hydrogen-bond acceptors (Lipinski definition) is 5. The minimum atomic E-state index is -0.283. The third-order valence-corrected chi connectivity index (χ3v) is 6.07. The summed E-state index contributed by atoms with van der Waals surface area (Å²) in [7, 11) is 1.43. The Labute approximate surface area is 170 Å². The van der Waals surface area contributed by atoms with Crippen molar-refractivity contribution in [2.24, 2.45) is 5.92 Å². The molecule has 2 aromatic rings. The molecular formula is C22H25NO4S. The lowest BCUT2D eigenvalue weighted by Gasteiger charge is -2.38. The smallest absolute Gasteiger partial charge is 0.410 e. The average molecular weight is 400 g/mol. The fraction of sp³-hybridized carbons (Fsp3) is 0.364. The van der Waals surface area contributed by atoms with Gasteiger partial charge in [0, 0.05) is 24.1 Å². The Morgan fingerprint density at radius 1 is 1.04 bits per heavy atom. The van der Waals surface area contributed by atoms with Crippen molar-refractivity contribution in [3.05, 3.63) is 71.8 Å². The van der Waals surface area contributed by atoms with Crippen molar-refractivity contribution in [3.8, 4) is 0 Å². The van der Waals surface area contributed by atoms with Gasteiger partial charge in [0.1, 0.15) is 6.61 Å². The molecule has 0 aromatic heterocycles. The monoisotopic (exact) mass is 399 g/mol. The van der Waals surface area contributed by atoms with Gasteiger partial charge < -0.3 is 14.4 Å². The van der Waals surface area contributed by atoms with Gasteiger partial charge in [-0.2, -0.15) is 11.8 Å². The zero-order valence-corrected chi connectivity index (χ0v) is 16.8. The number of nitrogens with zero attached hydrogens (tertiary/aromatic N) is 1. The quantitative estimate of drug-likeness (QED) is 0.633. The Morgan fingerprint density at radius 3 is 2.25 bits per heavy atom. The maximum atomic E-state index is 12.1. The van der Waals surface area contributed by atoms with E-state index in [0.29, 0.717) is 30.5 Å². The molecule has 0 spiro atoms. The first-order valence-electron chi connectivity index (χ1n) is 9.34. The maximum Gasteiger partial charge on any atom is 0.410 e. The van der Waals surface area contributed by atoms with Crippen LogP contribution in [0, 0.1) is 5.92 Å². The highest BCUT2D eigenvalue weighted by Gasteiger charge is 2.33. The lowest BCUT2D eigenvalue weighted by molar-refractivity contribution is -0.144. The molecule has 1 fully saturated rings. The largest absolute Gasteiger partial charge is 0.469 e. The van der Waals surface area contributed by atoms with Crippen LogP contribution in [-0.2, 0) is 27.3 Å². The van der Waals surface area contributed by atoms with E-state index in [2.05, 4.69) is 0 Å². The van der Waals surface area contributed by atoms with E-state index >= 15 is 0 Å². The summed E-state index contributed by atoms with van der Waals surface area (Å²) in [5.74, 6) is 0.311. The molecule has 3 rings (SSSR count). The molecule has 1 amide bonds. The zero-order chi connectivity index (χ0) is 19.8. The highest BCUT2D eigenvalue weighted by Crippen LogP contribution is 2.26. The van der Waals surface area contributed by atoms with Gasteiger partial charge in [-0.25, -0.2) is 4.79 Å². The van der Waals surface area contributed by atoms with Crippen LogP contribution in [-0.4, -0.2) is 48.2 Å². The Hall–Kier alpha value is -2.47. The van der Waals surface area contributed by atoms with Crippen LogP contribution in [0.2, 0.25) is 0 Å². The molecule has 1 aliphatic heterocycles. The molecule has 6 heteroatoms. The zero-order valence-electron chi connectivity index (χ0n) is 16.0. The third kappa shape index (κ3) is 5.76. The molecule has 5 nitrogen and oxygen atoms in total. The molecule has 148 valence electrons. The molecule has 28 heavy (non-hydrogen) atoms. The number of hydrogen-bond donors (Lipinski definition) is 0. The van der Waals surface area contributed by atoms with Crippen LogP contribution in [0.15, 0.2) is 60.7 Å². The highest BCUT2D eigenvalue weighted by molar-refractivity contribution is 8.00. The number of methoxy groups -OCH3 is 1. The summed E-state index contributed by atoms with van der Waals surface area (Å²) in [6.45, 7) is 1.59. The van der Waals surface area contributed by atoms with E-state index in [1.807, 2.05) is 60.7 Å². The first-order valence-corrected chi connectivity index (χ1v) is 10.4. The number of carbonyl (C=O) groups excluding carboxylic acids is 2. The Kier molecular flexibility index (Phi) is 7.37. The number of likely N-dealkylation sites (tertiary alicyclic amines) is 1. The van der Waals surface area contributed by atoms with Gasteiger partial charge in [0.05, 0.1) is 13.0 Å². The van der Waals surface area contributed by atoms with Crippen LogP contribution in [0.5, 0.6) is 0 Å². The van der Waals surface area contributed by atoms with Crippen LogP contribution in [0.3, 0.4) is 0 Å². The van der Waals surface area contributed by atoms with Gasteiger partial charge >= 0.3 is 12.1 Å². The Morgan fingerprint density at radius 2 is 1.64 bits per heavy atom. The van der Waals surface area contributed by atoms with E-state index in [1.165, 1.54) is 7.11 Å². The van der Waals surface area contributed by atoms with Crippen LogP contribution < -0.4 is 0 Å². The van der Waals surface area contributed by atoms with Gasteiger partial charge in [0.25, 0.3) is 0 Å². The summed E-state index contributed by atoms with van der Waals surface area (Å²) in [5, 5.41) is 0.326. The maximum absolute atomic E-state index is 12.1. The predicted molar refractivity (Wildman–Crippen MR) is 110 cm³/mol. The highest BCUT2D eigenvalue weighted by atomic mass is 32.2. The van der Waals surface area contributed by atoms with Gasteiger partial charge in [-0.1, -0.05) is 60.7 Å². The lowest BCUT2D eigenvalue weighted by Crippen LogP contribution is -2.52. The molecule has 0 aliphatic carbocycles. The van der Waals surface area contributed by atoms with Gasteiger partial charge in [0.2, 0.25) is 0 Å². The van der Waals surface area contributed by atoms with Gasteiger partial charge in [-0.05, 0) is 17.5 Å². The first-order chi connectivity index (χ1) is 13.7. The molecule has 1 atom stereocenters. The van der Waals surface area contributed by atoms with E-state index < -0.39 is 0 Å². The summed E-state index contributed by atoms with van der Waals surface area (Å²) in [6, 6.07) is 19.6. The summed E-state index contributed by atoms with van der Waals surface area (Å²) >= 11 is 1.72. The molecule has 1 unspecified atom stereocenters. The van der Waals surface area contributed by atoms with Gasteiger partial charge in [-0.3, -0.25) is 4.79 Å². The fourth-order valence-corrected chi connectivity index (χ4v) is 4.36. The predicted octanol–water partition coefficient (Wildman–Crippen LogP) is 3.77. The molecule has 0 bridgehead atoms. The van der Waals surface area contributed by atoms with Crippen molar-refractivity contribution < 1.29 is 19.1 Å². The van der Waals surface area contributed by atoms with Crippen LogP contribution >= 0.6 is 11.8 Å². The second-order valence-electron chi connectivity index (χ2n) is 6.81. The van der Waals surface area contributed by atoms with Crippen molar-refractivity contribution in [3.63, 3.8) is 0 Å². The van der Waals surface area contributed by atoms with Gasteiger partial charge in [0.15, 0.2) is 0 Å².